The van der Waals surface area contributed by atoms with Crippen molar-refractivity contribution in [2.45, 2.75) is 39.3 Å². The highest BCUT2D eigenvalue weighted by Gasteiger charge is 2.21. The van der Waals surface area contributed by atoms with Crippen LogP contribution in [0.5, 0.6) is 0 Å². The first-order chi connectivity index (χ1) is 11.9. The number of hydrogen-bond donors (Lipinski definition) is 2. The number of nitrogens with one attached hydrogen (secondary N) is 1. The monoisotopic (exact) mass is 367 g/mol. The van der Waals surface area contributed by atoms with Gasteiger partial charge in [-0.25, -0.2) is 9.78 Å². The molecule has 2 heterocycles. The van der Waals surface area contributed by atoms with Gasteiger partial charge in [0.15, 0.2) is 0 Å². The largest absolute Gasteiger partial charge is 0.478 e. The fraction of sp³-hybridized carbons (Fsp3) is 0.500. The lowest BCUT2D eigenvalue weighted by Crippen LogP contribution is -2.38. The molecule has 25 heavy (non-hydrogen) atoms. The van der Waals surface area contributed by atoms with Crippen molar-refractivity contribution in [1.82, 2.24) is 14.9 Å². The van der Waals surface area contributed by atoms with Gasteiger partial charge >= 0.3 is 5.97 Å². The Morgan fingerprint density at radius 2 is 2.20 bits per heavy atom. The molecule has 0 bridgehead atoms. The minimum atomic E-state index is -1.19. The maximum Gasteiger partial charge on any atom is 0.337 e. The summed E-state index contributed by atoms with van der Waals surface area (Å²) in [7, 11) is 1.53. The van der Waals surface area contributed by atoms with Crippen LogP contribution in [0, 0.1) is 0 Å². The van der Waals surface area contributed by atoms with Gasteiger partial charge in [-0.2, -0.15) is 0 Å². The number of fused-ring (bicyclic) bond motifs is 1. The van der Waals surface area contributed by atoms with Gasteiger partial charge in [0.25, 0.3) is 5.56 Å². The summed E-state index contributed by atoms with van der Waals surface area (Å²) in [6.07, 6.45) is 1.11. The number of aromatic nitrogens is 2. The molecule has 8 nitrogen and oxygen atoms in total. The molecular weight excluding hydrogens is 346 g/mol. The number of amides is 1. The summed E-state index contributed by atoms with van der Waals surface area (Å²) in [5.74, 6) is -1.11. The first-order valence-corrected chi connectivity index (χ1v) is 8.79. The maximum absolute atomic E-state index is 12.8. The number of methoxy groups -OCH3 is 1. The molecule has 0 spiro atoms. The standard InChI is InChI=1S/C16H21N3O5S/c1-4-9(2)17-12(20)7-19-11(5-6-24-3)18-14-13(15(19)21)10(8-25-14)16(22)23/h8-9H,4-7H2,1-3H3,(H,17,20)(H,22,23). The van der Waals surface area contributed by atoms with E-state index in [0.29, 0.717) is 23.7 Å². The lowest BCUT2D eigenvalue weighted by molar-refractivity contribution is -0.122. The highest BCUT2D eigenvalue weighted by Crippen LogP contribution is 2.22. The normalized spacial score (nSPS) is 12.3. The maximum atomic E-state index is 12.8. The Morgan fingerprint density at radius 3 is 2.80 bits per heavy atom. The minimum Gasteiger partial charge on any atom is -0.478 e. The first kappa shape index (κ1) is 19.1. The minimum absolute atomic E-state index is 0.0157. The molecule has 0 radical (unpaired) electrons. The van der Waals surface area contributed by atoms with Crippen LogP contribution < -0.4 is 10.9 Å². The number of aromatic carboxylic acids is 1. The highest BCUT2D eigenvalue weighted by molar-refractivity contribution is 7.17. The summed E-state index contributed by atoms with van der Waals surface area (Å²) < 4.78 is 6.27. The van der Waals surface area contributed by atoms with Crippen LogP contribution in [-0.4, -0.2) is 46.3 Å². The molecule has 1 atom stereocenters. The Morgan fingerprint density at radius 1 is 1.48 bits per heavy atom. The second-order valence-corrected chi connectivity index (χ2v) is 6.53. The summed E-state index contributed by atoms with van der Waals surface area (Å²) in [5.41, 5.74) is -0.610. The molecule has 2 N–H and O–H groups in total. The molecule has 0 fully saturated rings. The van der Waals surface area contributed by atoms with Crippen molar-refractivity contribution < 1.29 is 19.4 Å². The Hall–Kier alpha value is -2.26. The highest BCUT2D eigenvalue weighted by atomic mass is 32.1. The van der Waals surface area contributed by atoms with Gasteiger partial charge in [0, 0.05) is 25.0 Å². The van der Waals surface area contributed by atoms with Gasteiger partial charge in [-0.1, -0.05) is 6.92 Å². The van der Waals surface area contributed by atoms with Crippen LogP contribution in [0.1, 0.15) is 36.5 Å². The van der Waals surface area contributed by atoms with Gasteiger partial charge in [0.2, 0.25) is 5.91 Å². The lowest BCUT2D eigenvalue weighted by atomic mass is 10.2. The molecule has 9 heteroatoms. The number of thiophene rings is 1. The molecule has 2 rings (SSSR count). The van der Waals surface area contributed by atoms with Gasteiger partial charge < -0.3 is 15.2 Å². The van der Waals surface area contributed by atoms with E-state index in [0.717, 1.165) is 17.8 Å². The molecule has 1 amide bonds. The summed E-state index contributed by atoms with van der Waals surface area (Å²) in [6.45, 7) is 3.94. The average Bonchev–Trinajstić information content (AvgIpc) is 3.00. The van der Waals surface area contributed by atoms with Gasteiger partial charge in [-0.15, -0.1) is 11.3 Å². The van der Waals surface area contributed by atoms with Crippen molar-refractivity contribution in [3.8, 4) is 0 Å². The van der Waals surface area contributed by atoms with E-state index in [1.54, 1.807) is 0 Å². The van der Waals surface area contributed by atoms with Crippen molar-refractivity contribution in [2.75, 3.05) is 13.7 Å². The SMILES string of the molecule is CCC(C)NC(=O)Cn1c(CCOC)nc2scc(C(=O)O)c2c1=O. The number of nitrogens with zero attached hydrogens (tertiary/aromatic N) is 2. The Kier molecular flexibility index (Phi) is 6.27. The third kappa shape index (κ3) is 4.23. The van der Waals surface area contributed by atoms with Crippen molar-refractivity contribution in [2.24, 2.45) is 0 Å². The van der Waals surface area contributed by atoms with E-state index in [4.69, 9.17) is 4.74 Å². The molecule has 1 unspecified atom stereocenters. The third-order valence-electron chi connectivity index (χ3n) is 3.85. The number of carbonyl (C=O) groups excluding carboxylic acids is 1. The Bertz CT molecular complexity index is 842. The zero-order valence-electron chi connectivity index (χ0n) is 14.4. The number of carbonyl (C=O) groups is 2. The van der Waals surface area contributed by atoms with Gasteiger partial charge in [0.1, 0.15) is 17.2 Å². The van der Waals surface area contributed by atoms with Crippen LogP contribution in [0.15, 0.2) is 10.2 Å². The molecule has 0 aliphatic heterocycles. The molecule has 2 aromatic rings. The molecular formula is C16H21N3O5S. The second kappa shape index (κ2) is 8.21. The molecule has 0 saturated heterocycles. The number of carboxylic acid groups (broad SMARTS) is 1. The fourth-order valence-electron chi connectivity index (χ4n) is 2.34. The van der Waals surface area contributed by atoms with E-state index in [1.165, 1.54) is 17.1 Å². The summed E-state index contributed by atoms with van der Waals surface area (Å²) in [5, 5.41) is 13.5. The van der Waals surface area contributed by atoms with E-state index in [2.05, 4.69) is 10.3 Å². The van der Waals surface area contributed by atoms with Crippen molar-refractivity contribution in [1.29, 1.82) is 0 Å². The predicted molar refractivity (Wildman–Crippen MR) is 94.3 cm³/mol. The van der Waals surface area contributed by atoms with Crippen LogP contribution in [0.25, 0.3) is 10.2 Å². The third-order valence-corrected chi connectivity index (χ3v) is 4.73. The van der Waals surface area contributed by atoms with E-state index < -0.39 is 11.5 Å². The number of carboxylic acids is 1. The molecule has 0 aliphatic carbocycles. The number of hydrogen-bond acceptors (Lipinski definition) is 6. The second-order valence-electron chi connectivity index (χ2n) is 5.67. The Labute approximate surface area is 148 Å². The number of rotatable bonds is 8. The predicted octanol–water partition coefficient (Wildman–Crippen LogP) is 1.26. The van der Waals surface area contributed by atoms with E-state index in [9.17, 15) is 19.5 Å². The van der Waals surface area contributed by atoms with E-state index >= 15 is 0 Å². The van der Waals surface area contributed by atoms with Crippen LogP contribution in [0.2, 0.25) is 0 Å². The number of ether oxygens (including phenoxy) is 1. The molecule has 0 aromatic carbocycles. The van der Waals surface area contributed by atoms with E-state index in [-0.39, 0.29) is 29.4 Å². The zero-order valence-corrected chi connectivity index (χ0v) is 15.2. The summed E-state index contributed by atoms with van der Waals surface area (Å²) in [4.78, 5) is 41.1. The quantitative estimate of drug-likeness (QED) is 0.727. The van der Waals surface area contributed by atoms with Crippen LogP contribution in [-0.2, 0) is 22.5 Å². The molecule has 0 aliphatic rings. The molecule has 0 saturated carbocycles. The van der Waals surface area contributed by atoms with Crippen molar-refractivity contribution in [3.05, 3.63) is 27.1 Å². The average molecular weight is 367 g/mol. The van der Waals surface area contributed by atoms with Crippen LogP contribution in [0.4, 0.5) is 0 Å². The smallest absolute Gasteiger partial charge is 0.337 e. The molecule has 2 aromatic heterocycles. The van der Waals surface area contributed by atoms with Crippen molar-refractivity contribution >= 4 is 33.4 Å². The molecule has 136 valence electrons. The first-order valence-electron chi connectivity index (χ1n) is 7.91. The van der Waals surface area contributed by atoms with Gasteiger partial charge in [-0.05, 0) is 13.3 Å². The van der Waals surface area contributed by atoms with Crippen LogP contribution >= 0.6 is 11.3 Å². The summed E-state index contributed by atoms with van der Waals surface area (Å²) >= 11 is 1.10. The Balaban J connectivity index is 2.51. The van der Waals surface area contributed by atoms with Crippen LogP contribution in [0.3, 0.4) is 0 Å². The van der Waals surface area contributed by atoms with Crippen molar-refractivity contribution in [3.63, 3.8) is 0 Å². The van der Waals surface area contributed by atoms with Gasteiger partial charge in [-0.3, -0.25) is 14.2 Å². The topological polar surface area (TPSA) is 111 Å². The van der Waals surface area contributed by atoms with Gasteiger partial charge in [0.05, 0.1) is 17.6 Å². The lowest BCUT2D eigenvalue weighted by Gasteiger charge is -2.15. The summed E-state index contributed by atoms with van der Waals surface area (Å²) in [6, 6.07) is -0.0157. The fourth-order valence-corrected chi connectivity index (χ4v) is 3.26. The zero-order chi connectivity index (χ0) is 18.6. The van der Waals surface area contributed by atoms with E-state index in [1.807, 2.05) is 13.8 Å².